The van der Waals surface area contributed by atoms with Crippen LogP contribution in [0.2, 0.25) is 0 Å². The normalized spacial score (nSPS) is 8.81. The minimum Gasteiger partial charge on any atom is -0.265 e. The molecule has 0 aliphatic carbocycles. The fourth-order valence-electron chi connectivity index (χ4n) is 0.875. The van der Waals surface area contributed by atoms with Gasteiger partial charge < -0.3 is 0 Å². The molecule has 0 aliphatic rings. The molecule has 5 heteroatoms. The van der Waals surface area contributed by atoms with Crippen molar-refractivity contribution in [2.24, 2.45) is 0 Å². The first-order valence-electron chi connectivity index (χ1n) is 4.45. The first-order chi connectivity index (χ1) is 7.70. The number of pyridine rings is 1. The molecular formula is C11H9FN2O2. The molecular weight excluding hydrogens is 211 g/mol. The molecule has 0 saturated carbocycles. The molecule has 1 aromatic carbocycles. The van der Waals surface area contributed by atoms with Crippen LogP contribution in [-0.4, -0.2) is 9.91 Å². The summed E-state index contributed by atoms with van der Waals surface area (Å²) in [5, 5.41) is 10.00. The van der Waals surface area contributed by atoms with Gasteiger partial charge in [-0.15, -0.1) is 0 Å². The number of rotatable bonds is 1. The monoisotopic (exact) mass is 220 g/mol. The SMILES string of the molecule is O=[N+]([O-])c1ccc(F)cc1.c1ccncc1. The molecule has 0 radical (unpaired) electrons. The van der Waals surface area contributed by atoms with Gasteiger partial charge in [0.1, 0.15) is 5.82 Å². The van der Waals surface area contributed by atoms with Crippen LogP contribution >= 0.6 is 0 Å². The lowest BCUT2D eigenvalue weighted by molar-refractivity contribution is -0.384. The summed E-state index contributed by atoms with van der Waals surface area (Å²) >= 11 is 0. The Morgan fingerprint density at radius 1 is 1.06 bits per heavy atom. The summed E-state index contributed by atoms with van der Waals surface area (Å²) in [4.78, 5) is 13.2. The van der Waals surface area contributed by atoms with Gasteiger partial charge in [0.25, 0.3) is 5.69 Å². The lowest BCUT2D eigenvalue weighted by Gasteiger charge is -1.87. The molecule has 0 saturated heterocycles. The summed E-state index contributed by atoms with van der Waals surface area (Å²) in [6, 6.07) is 10.1. The third kappa shape index (κ3) is 4.28. The van der Waals surface area contributed by atoms with Gasteiger partial charge in [0.05, 0.1) is 4.92 Å². The van der Waals surface area contributed by atoms with Gasteiger partial charge in [-0.05, 0) is 24.3 Å². The summed E-state index contributed by atoms with van der Waals surface area (Å²) in [6.07, 6.45) is 3.50. The molecule has 2 aromatic rings. The van der Waals surface area contributed by atoms with Crippen molar-refractivity contribution in [1.29, 1.82) is 0 Å². The Balaban J connectivity index is 0.000000181. The lowest BCUT2D eigenvalue weighted by atomic mass is 10.3. The number of hydrogen-bond donors (Lipinski definition) is 0. The Hall–Kier alpha value is -2.30. The Labute approximate surface area is 91.5 Å². The third-order valence-corrected chi connectivity index (χ3v) is 1.60. The quantitative estimate of drug-likeness (QED) is 0.548. The highest BCUT2D eigenvalue weighted by atomic mass is 19.1. The second kappa shape index (κ2) is 6.23. The zero-order chi connectivity index (χ0) is 11.8. The molecule has 2 rings (SSSR count). The Kier molecular flexibility index (Phi) is 4.59. The Morgan fingerprint density at radius 2 is 1.62 bits per heavy atom. The van der Waals surface area contributed by atoms with E-state index in [-0.39, 0.29) is 5.69 Å². The number of benzene rings is 1. The van der Waals surface area contributed by atoms with Crippen molar-refractivity contribution < 1.29 is 9.31 Å². The van der Waals surface area contributed by atoms with Crippen LogP contribution in [0.4, 0.5) is 10.1 Å². The highest BCUT2D eigenvalue weighted by molar-refractivity contribution is 5.28. The van der Waals surface area contributed by atoms with E-state index < -0.39 is 10.7 Å². The summed E-state index contributed by atoms with van der Waals surface area (Å²) in [5.74, 6) is -0.467. The summed E-state index contributed by atoms with van der Waals surface area (Å²) in [5.41, 5.74) is -0.0959. The van der Waals surface area contributed by atoms with Gasteiger partial charge in [0, 0.05) is 24.5 Å². The van der Waals surface area contributed by atoms with Gasteiger partial charge in [-0.2, -0.15) is 0 Å². The van der Waals surface area contributed by atoms with E-state index >= 15 is 0 Å². The molecule has 0 fully saturated rings. The Bertz CT molecular complexity index is 405. The van der Waals surface area contributed by atoms with Crippen molar-refractivity contribution in [3.8, 4) is 0 Å². The van der Waals surface area contributed by atoms with Gasteiger partial charge in [-0.3, -0.25) is 15.1 Å². The van der Waals surface area contributed by atoms with Crippen LogP contribution in [0, 0.1) is 15.9 Å². The molecule has 0 N–H and O–H groups in total. The van der Waals surface area contributed by atoms with Crippen molar-refractivity contribution in [1.82, 2.24) is 4.98 Å². The summed E-state index contributed by atoms with van der Waals surface area (Å²) in [7, 11) is 0. The standard InChI is InChI=1S/C6H4FNO2.C5H5N/c7-5-1-3-6(4-2-5)8(9)10;1-2-4-6-5-3-1/h1-4H;1-5H. The van der Waals surface area contributed by atoms with E-state index in [9.17, 15) is 14.5 Å². The fourth-order valence-corrected chi connectivity index (χ4v) is 0.875. The van der Waals surface area contributed by atoms with E-state index in [1.807, 2.05) is 18.2 Å². The van der Waals surface area contributed by atoms with Crippen molar-refractivity contribution in [2.45, 2.75) is 0 Å². The smallest absolute Gasteiger partial charge is 0.265 e. The van der Waals surface area contributed by atoms with E-state index in [0.29, 0.717) is 0 Å². The van der Waals surface area contributed by atoms with Gasteiger partial charge in [0.2, 0.25) is 0 Å². The van der Waals surface area contributed by atoms with Gasteiger partial charge >= 0.3 is 0 Å². The van der Waals surface area contributed by atoms with E-state index in [4.69, 9.17) is 0 Å². The number of hydrogen-bond acceptors (Lipinski definition) is 3. The largest absolute Gasteiger partial charge is 0.269 e. The number of non-ortho nitro benzene ring substituents is 1. The third-order valence-electron chi connectivity index (χ3n) is 1.60. The van der Waals surface area contributed by atoms with Crippen molar-refractivity contribution in [3.63, 3.8) is 0 Å². The highest BCUT2D eigenvalue weighted by Gasteiger charge is 2.01. The van der Waals surface area contributed by atoms with Crippen LogP contribution in [0.1, 0.15) is 0 Å². The maximum Gasteiger partial charge on any atom is 0.269 e. The van der Waals surface area contributed by atoms with Crippen LogP contribution in [-0.2, 0) is 0 Å². The minimum atomic E-state index is -0.570. The van der Waals surface area contributed by atoms with Crippen molar-refractivity contribution in [2.75, 3.05) is 0 Å². The zero-order valence-corrected chi connectivity index (χ0v) is 8.29. The molecule has 16 heavy (non-hydrogen) atoms. The fraction of sp³-hybridized carbons (Fsp3) is 0. The van der Waals surface area contributed by atoms with Gasteiger partial charge in [-0.25, -0.2) is 4.39 Å². The average Bonchev–Trinajstić information content (AvgIpc) is 2.32. The van der Waals surface area contributed by atoms with Gasteiger partial charge in [0.15, 0.2) is 0 Å². The number of halogens is 1. The molecule has 0 bridgehead atoms. The van der Waals surface area contributed by atoms with Crippen LogP contribution in [0.25, 0.3) is 0 Å². The molecule has 0 atom stereocenters. The molecule has 0 aliphatic heterocycles. The van der Waals surface area contributed by atoms with Crippen molar-refractivity contribution >= 4 is 5.69 Å². The van der Waals surface area contributed by atoms with E-state index in [0.717, 1.165) is 24.3 Å². The Morgan fingerprint density at radius 3 is 1.94 bits per heavy atom. The maximum absolute atomic E-state index is 12.1. The number of nitrogens with zero attached hydrogens (tertiary/aromatic N) is 2. The van der Waals surface area contributed by atoms with Crippen LogP contribution < -0.4 is 0 Å². The number of nitro benzene ring substituents is 1. The van der Waals surface area contributed by atoms with E-state index in [1.54, 1.807) is 12.4 Å². The molecule has 1 heterocycles. The molecule has 82 valence electrons. The van der Waals surface area contributed by atoms with E-state index in [2.05, 4.69) is 4.98 Å². The lowest BCUT2D eigenvalue weighted by Crippen LogP contribution is -1.86. The summed E-state index contributed by atoms with van der Waals surface area (Å²) < 4.78 is 12.1. The minimum absolute atomic E-state index is 0.0959. The molecule has 4 nitrogen and oxygen atoms in total. The number of nitro groups is 1. The second-order valence-electron chi connectivity index (χ2n) is 2.76. The average molecular weight is 220 g/mol. The van der Waals surface area contributed by atoms with Crippen LogP contribution in [0.15, 0.2) is 54.9 Å². The van der Waals surface area contributed by atoms with Crippen molar-refractivity contribution in [3.05, 3.63) is 70.8 Å². The predicted octanol–water partition coefficient (Wildman–Crippen LogP) is 2.82. The van der Waals surface area contributed by atoms with Crippen LogP contribution in [0.3, 0.4) is 0 Å². The van der Waals surface area contributed by atoms with E-state index in [1.165, 1.54) is 0 Å². The zero-order valence-electron chi connectivity index (χ0n) is 8.29. The second-order valence-corrected chi connectivity index (χ2v) is 2.76. The van der Waals surface area contributed by atoms with Crippen LogP contribution in [0.5, 0.6) is 0 Å². The molecule has 0 spiro atoms. The maximum atomic E-state index is 12.1. The summed E-state index contributed by atoms with van der Waals surface area (Å²) in [6.45, 7) is 0. The predicted molar refractivity (Wildman–Crippen MR) is 57.3 cm³/mol. The molecule has 1 aromatic heterocycles. The first-order valence-corrected chi connectivity index (χ1v) is 4.45. The molecule has 0 unspecified atom stereocenters. The highest BCUT2D eigenvalue weighted by Crippen LogP contribution is 2.09. The number of aromatic nitrogens is 1. The first kappa shape index (κ1) is 11.8. The topological polar surface area (TPSA) is 56.0 Å². The van der Waals surface area contributed by atoms with Gasteiger partial charge in [-0.1, -0.05) is 6.07 Å². The molecule has 0 amide bonds.